The molecule has 0 heterocycles. The van der Waals surface area contributed by atoms with Gasteiger partial charge < -0.3 is 5.32 Å². The van der Waals surface area contributed by atoms with Gasteiger partial charge in [0.2, 0.25) is 5.91 Å². The van der Waals surface area contributed by atoms with Crippen molar-refractivity contribution in [1.29, 1.82) is 0 Å². The lowest BCUT2D eigenvalue weighted by molar-refractivity contribution is -0.118. The number of hydrogen-bond donors (Lipinski definition) is 1. The number of hydrogen-bond acceptors (Lipinski definition) is 1. The van der Waals surface area contributed by atoms with Gasteiger partial charge in [0.15, 0.2) is 23.3 Å². The fraction of sp³-hybridized carbons (Fsp3) is 0.300. The van der Waals surface area contributed by atoms with E-state index in [1.165, 1.54) is 13.8 Å². The Balaban J connectivity index is 3.18. The number of amides is 1. The lowest BCUT2D eigenvalue weighted by Crippen LogP contribution is -2.20. The van der Waals surface area contributed by atoms with Gasteiger partial charge in [-0.2, -0.15) is 0 Å². The summed E-state index contributed by atoms with van der Waals surface area (Å²) in [4.78, 5) is 11.1. The molecule has 0 aromatic heterocycles. The lowest BCUT2D eigenvalue weighted by Gasteiger charge is -2.10. The van der Waals surface area contributed by atoms with Crippen molar-refractivity contribution in [3.05, 3.63) is 29.3 Å². The van der Waals surface area contributed by atoms with Gasteiger partial charge >= 0.3 is 0 Å². The van der Waals surface area contributed by atoms with Crippen LogP contribution in [0.5, 0.6) is 0 Å². The summed E-state index contributed by atoms with van der Waals surface area (Å²) >= 11 is 0. The van der Waals surface area contributed by atoms with Crippen molar-refractivity contribution in [3.63, 3.8) is 0 Å². The molecular formula is C10H9F4NO. The van der Waals surface area contributed by atoms with E-state index >= 15 is 0 Å². The standard InChI is InChI=1S/C10H9F4NO/c1-4(2)10(16)15-9-7(13)5(11)3-6(12)8(9)14/h3-4H,1-2H3,(H,15,16). The van der Waals surface area contributed by atoms with Crippen LogP contribution in [0.2, 0.25) is 0 Å². The first-order chi connectivity index (χ1) is 7.34. The number of rotatable bonds is 2. The molecule has 16 heavy (non-hydrogen) atoms. The van der Waals surface area contributed by atoms with Crippen LogP contribution in [0, 0.1) is 29.2 Å². The van der Waals surface area contributed by atoms with Crippen molar-refractivity contribution in [1.82, 2.24) is 0 Å². The van der Waals surface area contributed by atoms with E-state index in [9.17, 15) is 22.4 Å². The van der Waals surface area contributed by atoms with Crippen molar-refractivity contribution < 1.29 is 22.4 Å². The van der Waals surface area contributed by atoms with E-state index in [0.717, 1.165) is 0 Å². The van der Waals surface area contributed by atoms with Gasteiger partial charge in [0.25, 0.3) is 0 Å². The fourth-order valence-electron chi connectivity index (χ4n) is 0.950. The minimum absolute atomic E-state index is 0.0791. The third kappa shape index (κ3) is 2.32. The number of benzene rings is 1. The number of carbonyl (C=O) groups excluding carboxylic acids is 1. The SMILES string of the molecule is CC(C)C(=O)Nc1c(F)c(F)cc(F)c1F. The topological polar surface area (TPSA) is 29.1 Å². The summed E-state index contributed by atoms with van der Waals surface area (Å²) in [6.07, 6.45) is 0. The summed E-state index contributed by atoms with van der Waals surface area (Å²) in [5.41, 5.74) is -1.10. The van der Waals surface area contributed by atoms with E-state index in [2.05, 4.69) is 0 Å². The second-order valence-corrected chi connectivity index (χ2v) is 3.49. The lowest BCUT2D eigenvalue weighted by atomic mass is 10.2. The summed E-state index contributed by atoms with van der Waals surface area (Å²) in [5, 5.41) is 1.79. The van der Waals surface area contributed by atoms with Gasteiger partial charge in [-0.1, -0.05) is 13.8 Å². The summed E-state index contributed by atoms with van der Waals surface area (Å²) in [5.74, 6) is -7.65. The Bertz CT molecular complexity index is 405. The van der Waals surface area contributed by atoms with Crippen LogP contribution in [0.3, 0.4) is 0 Å². The molecule has 1 N–H and O–H groups in total. The predicted molar refractivity (Wildman–Crippen MR) is 49.7 cm³/mol. The number of anilines is 1. The van der Waals surface area contributed by atoms with Crippen molar-refractivity contribution in [3.8, 4) is 0 Å². The first-order valence-electron chi connectivity index (χ1n) is 4.48. The largest absolute Gasteiger partial charge is 0.321 e. The fourth-order valence-corrected chi connectivity index (χ4v) is 0.950. The van der Waals surface area contributed by atoms with Crippen LogP contribution in [-0.2, 0) is 4.79 Å². The van der Waals surface area contributed by atoms with Crippen molar-refractivity contribution in [2.24, 2.45) is 5.92 Å². The van der Waals surface area contributed by atoms with Crippen LogP contribution in [0.15, 0.2) is 6.07 Å². The Morgan fingerprint density at radius 3 is 1.94 bits per heavy atom. The van der Waals surface area contributed by atoms with Gasteiger partial charge in [0.05, 0.1) is 0 Å². The molecule has 0 radical (unpaired) electrons. The molecule has 0 fully saturated rings. The number of nitrogens with one attached hydrogen (secondary N) is 1. The highest BCUT2D eigenvalue weighted by Gasteiger charge is 2.21. The first-order valence-corrected chi connectivity index (χ1v) is 4.48. The molecule has 0 bridgehead atoms. The average molecular weight is 235 g/mol. The van der Waals surface area contributed by atoms with Gasteiger partial charge in [-0.05, 0) is 0 Å². The molecule has 1 amide bonds. The zero-order valence-corrected chi connectivity index (χ0v) is 8.57. The summed E-state index contributed by atoms with van der Waals surface area (Å²) < 4.78 is 51.6. The van der Waals surface area contributed by atoms with Gasteiger partial charge in [0, 0.05) is 12.0 Å². The molecule has 0 saturated carbocycles. The van der Waals surface area contributed by atoms with E-state index < -0.39 is 40.8 Å². The van der Waals surface area contributed by atoms with E-state index in [1.807, 2.05) is 0 Å². The van der Waals surface area contributed by atoms with Gasteiger partial charge in [-0.3, -0.25) is 4.79 Å². The Morgan fingerprint density at radius 1 is 1.12 bits per heavy atom. The third-order valence-corrected chi connectivity index (χ3v) is 1.88. The molecule has 1 rings (SSSR count). The van der Waals surface area contributed by atoms with Gasteiger partial charge in [-0.15, -0.1) is 0 Å². The molecule has 2 nitrogen and oxygen atoms in total. The van der Waals surface area contributed by atoms with Crippen LogP contribution in [0.25, 0.3) is 0 Å². The van der Waals surface area contributed by atoms with E-state index in [0.29, 0.717) is 0 Å². The molecule has 1 aromatic carbocycles. The predicted octanol–water partition coefficient (Wildman–Crippen LogP) is 2.84. The van der Waals surface area contributed by atoms with E-state index in [1.54, 1.807) is 5.32 Å². The Labute approximate surface area is 89.3 Å². The molecule has 0 saturated heterocycles. The quantitative estimate of drug-likeness (QED) is 0.619. The van der Waals surface area contributed by atoms with E-state index in [-0.39, 0.29) is 6.07 Å². The number of carbonyl (C=O) groups is 1. The molecule has 0 atom stereocenters. The first kappa shape index (κ1) is 12.5. The molecule has 88 valence electrons. The minimum Gasteiger partial charge on any atom is -0.321 e. The monoisotopic (exact) mass is 235 g/mol. The maximum absolute atomic E-state index is 13.1. The molecule has 0 spiro atoms. The van der Waals surface area contributed by atoms with Crippen LogP contribution < -0.4 is 5.32 Å². The van der Waals surface area contributed by atoms with Crippen molar-refractivity contribution in [2.45, 2.75) is 13.8 Å². The molecule has 6 heteroatoms. The minimum atomic E-state index is -1.62. The number of halogens is 4. The third-order valence-electron chi connectivity index (χ3n) is 1.88. The molecule has 1 aromatic rings. The van der Waals surface area contributed by atoms with Gasteiger partial charge in [-0.25, -0.2) is 17.6 Å². The summed E-state index contributed by atoms with van der Waals surface area (Å²) in [6.45, 7) is 2.95. The normalized spacial score (nSPS) is 10.7. The molecule has 0 aliphatic carbocycles. The van der Waals surface area contributed by atoms with Crippen LogP contribution >= 0.6 is 0 Å². The molecular weight excluding hydrogens is 226 g/mol. The smallest absolute Gasteiger partial charge is 0.227 e. The Kier molecular flexibility index (Phi) is 3.51. The molecule has 0 aliphatic rings. The summed E-state index contributed by atoms with van der Waals surface area (Å²) in [6, 6.07) is 0.0791. The zero-order valence-electron chi connectivity index (χ0n) is 8.57. The summed E-state index contributed by atoms with van der Waals surface area (Å²) in [7, 11) is 0. The van der Waals surface area contributed by atoms with E-state index in [4.69, 9.17) is 0 Å². The Morgan fingerprint density at radius 2 is 1.56 bits per heavy atom. The maximum Gasteiger partial charge on any atom is 0.227 e. The maximum atomic E-state index is 13.1. The van der Waals surface area contributed by atoms with Crippen molar-refractivity contribution in [2.75, 3.05) is 5.32 Å². The Hall–Kier alpha value is -1.59. The van der Waals surface area contributed by atoms with Crippen molar-refractivity contribution >= 4 is 11.6 Å². The molecule has 0 aliphatic heterocycles. The highest BCUT2D eigenvalue weighted by molar-refractivity contribution is 5.92. The highest BCUT2D eigenvalue weighted by Crippen LogP contribution is 2.24. The molecule has 0 unspecified atom stereocenters. The van der Waals surface area contributed by atoms with Crippen LogP contribution in [0.4, 0.5) is 23.2 Å². The average Bonchev–Trinajstić information content (AvgIpc) is 2.21. The second-order valence-electron chi connectivity index (χ2n) is 3.49. The van der Waals surface area contributed by atoms with Gasteiger partial charge in [0.1, 0.15) is 5.69 Å². The second kappa shape index (κ2) is 4.51. The zero-order chi connectivity index (χ0) is 12.5. The van der Waals surface area contributed by atoms with Crippen LogP contribution in [0.1, 0.15) is 13.8 Å². The highest BCUT2D eigenvalue weighted by atomic mass is 19.2. The van der Waals surface area contributed by atoms with Crippen LogP contribution in [-0.4, -0.2) is 5.91 Å².